The summed E-state index contributed by atoms with van der Waals surface area (Å²) in [7, 11) is 0. The fourth-order valence-corrected chi connectivity index (χ4v) is 2.49. The third-order valence-electron chi connectivity index (χ3n) is 3.66. The average molecular weight is 309 g/mol. The van der Waals surface area contributed by atoms with Gasteiger partial charge in [0.1, 0.15) is 12.2 Å². The van der Waals surface area contributed by atoms with Crippen LogP contribution >= 0.6 is 0 Å². The van der Waals surface area contributed by atoms with Gasteiger partial charge in [-0.3, -0.25) is 4.79 Å². The number of rotatable bonds is 4. The molecule has 2 unspecified atom stereocenters. The minimum absolute atomic E-state index is 0.239. The highest BCUT2D eigenvalue weighted by molar-refractivity contribution is 5.79. The van der Waals surface area contributed by atoms with Crippen LogP contribution in [-0.2, 0) is 9.53 Å². The zero-order chi connectivity index (χ0) is 16.2. The maximum absolute atomic E-state index is 11.1. The molecule has 6 nitrogen and oxygen atoms in total. The Kier molecular flexibility index (Phi) is 4.22. The molecule has 0 radical (unpaired) electrons. The number of nitriles is 1. The van der Waals surface area contributed by atoms with E-state index in [2.05, 4.69) is 11.1 Å². The van der Waals surface area contributed by atoms with Crippen LogP contribution in [0.4, 0.5) is 0 Å². The van der Waals surface area contributed by atoms with Crippen LogP contribution in [0.1, 0.15) is 12.0 Å². The minimum atomic E-state index is -0.596. The molecule has 1 saturated heterocycles. The summed E-state index contributed by atoms with van der Waals surface area (Å²) in [6.45, 7) is 0.314. The smallest absolute Gasteiger partial charge is 0.246 e. The van der Waals surface area contributed by atoms with Crippen LogP contribution < -0.4 is 10.5 Å². The second kappa shape index (κ2) is 6.46. The van der Waals surface area contributed by atoms with Gasteiger partial charge in [0.05, 0.1) is 18.2 Å². The van der Waals surface area contributed by atoms with Crippen molar-refractivity contribution in [3.8, 4) is 23.1 Å². The van der Waals surface area contributed by atoms with Gasteiger partial charge >= 0.3 is 0 Å². The number of nitrogens with zero attached hydrogens (tertiary/aromatic N) is 2. The quantitative estimate of drug-likeness (QED) is 0.925. The van der Waals surface area contributed by atoms with Gasteiger partial charge in [0.2, 0.25) is 11.8 Å². The maximum atomic E-state index is 11.1. The van der Waals surface area contributed by atoms with E-state index in [0.717, 1.165) is 11.1 Å². The number of hydrogen-bond acceptors (Lipinski definition) is 5. The van der Waals surface area contributed by atoms with E-state index in [9.17, 15) is 4.79 Å². The summed E-state index contributed by atoms with van der Waals surface area (Å²) in [5.41, 5.74) is 7.46. The van der Waals surface area contributed by atoms with E-state index < -0.39 is 12.0 Å². The molecule has 3 rings (SSSR count). The Morgan fingerprint density at radius 2 is 2.17 bits per heavy atom. The molecule has 0 spiro atoms. The van der Waals surface area contributed by atoms with Gasteiger partial charge < -0.3 is 15.2 Å². The van der Waals surface area contributed by atoms with E-state index in [1.54, 1.807) is 18.3 Å². The SMILES string of the molecule is N#Cc1ccccc1-c1ccc(OC2COC(C(N)=O)C2)nc1. The van der Waals surface area contributed by atoms with Gasteiger partial charge in [-0.2, -0.15) is 5.26 Å². The molecule has 2 aromatic rings. The Morgan fingerprint density at radius 1 is 1.35 bits per heavy atom. The third-order valence-corrected chi connectivity index (χ3v) is 3.66. The van der Waals surface area contributed by atoms with Gasteiger partial charge in [-0.1, -0.05) is 18.2 Å². The molecule has 1 aliphatic rings. The Labute approximate surface area is 133 Å². The molecule has 2 atom stereocenters. The number of amides is 1. The van der Waals surface area contributed by atoms with Crippen molar-refractivity contribution < 1.29 is 14.3 Å². The fraction of sp³-hybridized carbons (Fsp3) is 0.235. The summed E-state index contributed by atoms with van der Waals surface area (Å²) in [6, 6.07) is 13.1. The minimum Gasteiger partial charge on any atom is -0.472 e. The molecular formula is C17H15N3O3. The molecule has 0 aliphatic carbocycles. The number of hydrogen-bond donors (Lipinski definition) is 1. The van der Waals surface area contributed by atoms with Crippen LogP contribution in [0.15, 0.2) is 42.6 Å². The first kappa shape index (κ1) is 15.0. The molecule has 1 fully saturated rings. The van der Waals surface area contributed by atoms with Gasteiger partial charge in [-0.15, -0.1) is 0 Å². The predicted octanol–water partition coefficient (Wildman–Crippen LogP) is 1.64. The Balaban J connectivity index is 1.71. The van der Waals surface area contributed by atoms with E-state index in [1.165, 1.54) is 0 Å². The molecule has 116 valence electrons. The zero-order valence-corrected chi connectivity index (χ0v) is 12.3. The van der Waals surface area contributed by atoms with E-state index in [-0.39, 0.29) is 6.10 Å². The van der Waals surface area contributed by atoms with Crippen molar-refractivity contribution in [2.45, 2.75) is 18.6 Å². The number of carbonyl (C=O) groups excluding carboxylic acids is 1. The summed E-state index contributed by atoms with van der Waals surface area (Å²) in [6.07, 6.45) is 1.25. The molecule has 2 heterocycles. The number of nitrogens with two attached hydrogens (primary N) is 1. The first-order valence-electron chi connectivity index (χ1n) is 7.20. The van der Waals surface area contributed by atoms with Crippen LogP contribution in [-0.4, -0.2) is 29.7 Å². The summed E-state index contributed by atoms with van der Waals surface area (Å²) in [5.74, 6) is -0.0329. The van der Waals surface area contributed by atoms with Crippen molar-refractivity contribution in [1.82, 2.24) is 4.98 Å². The molecule has 2 N–H and O–H groups in total. The normalized spacial score (nSPS) is 20.0. The van der Waals surface area contributed by atoms with Crippen LogP contribution in [0.25, 0.3) is 11.1 Å². The lowest BCUT2D eigenvalue weighted by Crippen LogP contribution is -2.28. The van der Waals surface area contributed by atoms with Crippen molar-refractivity contribution >= 4 is 5.91 Å². The van der Waals surface area contributed by atoms with Crippen LogP contribution in [0.2, 0.25) is 0 Å². The lowest BCUT2D eigenvalue weighted by molar-refractivity contribution is -0.126. The van der Waals surface area contributed by atoms with Gasteiger partial charge in [-0.05, 0) is 12.1 Å². The largest absolute Gasteiger partial charge is 0.472 e. The average Bonchev–Trinajstić information content (AvgIpc) is 3.04. The van der Waals surface area contributed by atoms with Gasteiger partial charge in [0.15, 0.2) is 0 Å². The monoisotopic (exact) mass is 309 g/mol. The van der Waals surface area contributed by atoms with Crippen molar-refractivity contribution in [3.05, 3.63) is 48.2 Å². The Morgan fingerprint density at radius 3 is 2.83 bits per heavy atom. The number of primary amides is 1. The van der Waals surface area contributed by atoms with E-state index >= 15 is 0 Å². The standard InChI is InChI=1S/C17H15N3O3/c18-8-11-3-1-2-4-14(11)12-5-6-16(20-9-12)23-13-7-15(17(19)21)22-10-13/h1-6,9,13,15H,7,10H2,(H2,19,21). The topological polar surface area (TPSA) is 98.2 Å². The van der Waals surface area contributed by atoms with Crippen molar-refractivity contribution in [2.24, 2.45) is 5.73 Å². The summed E-state index contributed by atoms with van der Waals surface area (Å²) < 4.78 is 11.0. The summed E-state index contributed by atoms with van der Waals surface area (Å²) >= 11 is 0. The Bertz CT molecular complexity index is 752. The van der Waals surface area contributed by atoms with Crippen molar-refractivity contribution in [2.75, 3.05) is 6.61 Å². The number of pyridine rings is 1. The fourth-order valence-electron chi connectivity index (χ4n) is 2.49. The van der Waals surface area contributed by atoms with Crippen molar-refractivity contribution in [1.29, 1.82) is 5.26 Å². The second-order valence-electron chi connectivity index (χ2n) is 5.24. The number of benzene rings is 1. The lowest BCUT2D eigenvalue weighted by atomic mass is 10.0. The molecule has 6 heteroatoms. The van der Waals surface area contributed by atoms with E-state index in [1.807, 2.05) is 24.3 Å². The molecule has 0 saturated carbocycles. The molecule has 1 aromatic heterocycles. The molecular weight excluding hydrogens is 294 g/mol. The summed E-state index contributed by atoms with van der Waals surface area (Å²) in [5, 5.41) is 9.15. The van der Waals surface area contributed by atoms with E-state index in [4.69, 9.17) is 20.5 Å². The Hall–Kier alpha value is -2.91. The molecule has 1 amide bonds. The maximum Gasteiger partial charge on any atom is 0.246 e. The van der Waals surface area contributed by atoms with Crippen molar-refractivity contribution in [3.63, 3.8) is 0 Å². The second-order valence-corrected chi connectivity index (χ2v) is 5.24. The highest BCUT2D eigenvalue weighted by atomic mass is 16.6. The molecule has 23 heavy (non-hydrogen) atoms. The number of carbonyl (C=O) groups is 1. The molecule has 0 bridgehead atoms. The van der Waals surface area contributed by atoms with Crippen LogP contribution in [0, 0.1) is 11.3 Å². The number of aromatic nitrogens is 1. The van der Waals surface area contributed by atoms with Gasteiger partial charge in [0, 0.05) is 29.8 Å². The summed E-state index contributed by atoms with van der Waals surface area (Å²) in [4.78, 5) is 15.3. The van der Waals surface area contributed by atoms with Gasteiger partial charge in [0.25, 0.3) is 0 Å². The van der Waals surface area contributed by atoms with E-state index in [0.29, 0.717) is 24.5 Å². The zero-order valence-electron chi connectivity index (χ0n) is 12.3. The first-order chi connectivity index (χ1) is 11.2. The lowest BCUT2D eigenvalue weighted by Gasteiger charge is -2.11. The molecule has 1 aliphatic heterocycles. The molecule has 1 aromatic carbocycles. The predicted molar refractivity (Wildman–Crippen MR) is 82.4 cm³/mol. The number of ether oxygens (including phenoxy) is 2. The van der Waals surface area contributed by atoms with Gasteiger partial charge in [-0.25, -0.2) is 4.98 Å². The third kappa shape index (κ3) is 3.30. The highest BCUT2D eigenvalue weighted by Gasteiger charge is 2.30. The van der Waals surface area contributed by atoms with Crippen LogP contribution in [0.3, 0.4) is 0 Å². The van der Waals surface area contributed by atoms with Crippen LogP contribution in [0.5, 0.6) is 5.88 Å². The first-order valence-corrected chi connectivity index (χ1v) is 7.20. The highest BCUT2D eigenvalue weighted by Crippen LogP contribution is 2.25.